The molecule has 2 aromatic heterocycles. The Kier molecular flexibility index (Phi) is 3.85. The summed E-state index contributed by atoms with van der Waals surface area (Å²) in [4.78, 5) is 14.4. The Labute approximate surface area is 122 Å². The van der Waals surface area contributed by atoms with Gasteiger partial charge in [0.2, 0.25) is 5.88 Å². The van der Waals surface area contributed by atoms with Gasteiger partial charge in [-0.1, -0.05) is 12.1 Å². The van der Waals surface area contributed by atoms with E-state index in [-0.39, 0.29) is 17.3 Å². The SMILES string of the molecule is CCc1ccc(-c2noc(N)c2C(=O)NC(C)(C)C)s1. The second kappa shape index (κ2) is 5.28. The summed E-state index contributed by atoms with van der Waals surface area (Å²) >= 11 is 1.59. The number of aryl methyl sites for hydroxylation is 1. The minimum absolute atomic E-state index is 0.0493. The van der Waals surface area contributed by atoms with Crippen LogP contribution in [0.3, 0.4) is 0 Å². The highest BCUT2D eigenvalue weighted by molar-refractivity contribution is 7.15. The smallest absolute Gasteiger partial charge is 0.259 e. The monoisotopic (exact) mass is 293 g/mol. The molecule has 0 spiro atoms. The van der Waals surface area contributed by atoms with Crippen molar-refractivity contribution in [2.45, 2.75) is 39.7 Å². The fraction of sp³-hybridized carbons (Fsp3) is 0.429. The largest absolute Gasteiger partial charge is 0.367 e. The number of hydrogen-bond donors (Lipinski definition) is 2. The van der Waals surface area contributed by atoms with Crippen molar-refractivity contribution in [2.24, 2.45) is 0 Å². The maximum absolute atomic E-state index is 12.3. The molecule has 6 heteroatoms. The van der Waals surface area contributed by atoms with Crippen LogP contribution in [0.2, 0.25) is 0 Å². The van der Waals surface area contributed by atoms with Crippen molar-refractivity contribution in [3.63, 3.8) is 0 Å². The molecule has 0 radical (unpaired) electrons. The zero-order chi connectivity index (χ0) is 14.9. The standard InChI is InChI=1S/C14H19N3O2S/c1-5-8-6-7-9(20-8)11-10(12(15)19-17-11)13(18)16-14(2,3)4/h6-7H,5,15H2,1-4H3,(H,16,18). The second-order valence-electron chi connectivity index (χ2n) is 5.59. The number of nitrogens with one attached hydrogen (secondary N) is 1. The lowest BCUT2D eigenvalue weighted by molar-refractivity contribution is 0.0921. The topological polar surface area (TPSA) is 81.2 Å². The summed E-state index contributed by atoms with van der Waals surface area (Å²) in [6, 6.07) is 3.96. The van der Waals surface area contributed by atoms with Gasteiger partial charge < -0.3 is 15.6 Å². The minimum Gasteiger partial charge on any atom is -0.367 e. The highest BCUT2D eigenvalue weighted by Gasteiger charge is 2.26. The molecule has 20 heavy (non-hydrogen) atoms. The van der Waals surface area contributed by atoms with Crippen LogP contribution in [-0.4, -0.2) is 16.6 Å². The van der Waals surface area contributed by atoms with E-state index in [0.717, 1.165) is 11.3 Å². The van der Waals surface area contributed by atoms with E-state index in [1.54, 1.807) is 11.3 Å². The number of amides is 1. The minimum atomic E-state index is -0.345. The number of nitrogens with two attached hydrogens (primary N) is 1. The highest BCUT2D eigenvalue weighted by Crippen LogP contribution is 2.32. The predicted molar refractivity (Wildman–Crippen MR) is 80.8 cm³/mol. The van der Waals surface area contributed by atoms with Crippen LogP contribution in [0.1, 0.15) is 42.9 Å². The van der Waals surface area contributed by atoms with E-state index in [2.05, 4.69) is 17.4 Å². The van der Waals surface area contributed by atoms with Gasteiger partial charge in [0.05, 0.1) is 4.88 Å². The molecule has 0 atom stereocenters. The van der Waals surface area contributed by atoms with Crippen molar-refractivity contribution in [3.05, 3.63) is 22.6 Å². The molecule has 0 bridgehead atoms. The molecule has 108 valence electrons. The number of rotatable bonds is 3. The molecule has 3 N–H and O–H groups in total. The number of nitrogens with zero attached hydrogens (tertiary/aromatic N) is 1. The van der Waals surface area contributed by atoms with E-state index in [4.69, 9.17) is 10.3 Å². The summed E-state index contributed by atoms with van der Waals surface area (Å²) in [5, 5.41) is 6.81. The lowest BCUT2D eigenvalue weighted by Gasteiger charge is -2.20. The van der Waals surface area contributed by atoms with Crippen LogP contribution in [0.25, 0.3) is 10.6 Å². The van der Waals surface area contributed by atoms with Crippen LogP contribution in [0, 0.1) is 0 Å². The van der Waals surface area contributed by atoms with Crippen LogP contribution >= 0.6 is 11.3 Å². The Hall–Kier alpha value is -1.82. The summed E-state index contributed by atoms with van der Waals surface area (Å²) in [5.41, 5.74) is 6.23. The molecule has 5 nitrogen and oxygen atoms in total. The first-order valence-electron chi connectivity index (χ1n) is 6.48. The number of aromatic nitrogens is 1. The summed E-state index contributed by atoms with van der Waals surface area (Å²) in [7, 11) is 0. The van der Waals surface area contributed by atoms with Crippen molar-refractivity contribution >= 4 is 23.1 Å². The summed E-state index contributed by atoms with van der Waals surface area (Å²) < 4.78 is 5.00. The van der Waals surface area contributed by atoms with E-state index >= 15 is 0 Å². The molecule has 0 aliphatic carbocycles. The Balaban J connectivity index is 2.39. The third-order valence-electron chi connectivity index (χ3n) is 2.68. The zero-order valence-corrected chi connectivity index (χ0v) is 12.9. The maximum Gasteiger partial charge on any atom is 0.259 e. The van der Waals surface area contributed by atoms with Gasteiger partial charge in [0, 0.05) is 10.4 Å². The number of hydrogen-bond acceptors (Lipinski definition) is 5. The Morgan fingerprint density at radius 2 is 2.15 bits per heavy atom. The van der Waals surface area contributed by atoms with Gasteiger partial charge in [0.25, 0.3) is 5.91 Å². The van der Waals surface area contributed by atoms with Gasteiger partial charge in [-0.05, 0) is 39.3 Å². The predicted octanol–water partition coefficient (Wildman–Crippen LogP) is 3.08. The van der Waals surface area contributed by atoms with Crippen molar-refractivity contribution in [3.8, 4) is 10.6 Å². The molecule has 2 rings (SSSR count). The third-order valence-corrected chi connectivity index (χ3v) is 3.91. The van der Waals surface area contributed by atoms with Gasteiger partial charge in [-0.3, -0.25) is 4.79 Å². The van der Waals surface area contributed by atoms with Crippen LogP contribution in [0.4, 0.5) is 5.88 Å². The normalized spacial score (nSPS) is 11.6. The molecular formula is C14H19N3O2S. The molecule has 0 fully saturated rings. The fourth-order valence-electron chi connectivity index (χ4n) is 1.79. The lowest BCUT2D eigenvalue weighted by Crippen LogP contribution is -2.40. The van der Waals surface area contributed by atoms with Gasteiger partial charge in [-0.2, -0.15) is 0 Å². The van der Waals surface area contributed by atoms with Gasteiger partial charge in [-0.15, -0.1) is 11.3 Å². The van der Waals surface area contributed by atoms with E-state index in [1.165, 1.54) is 4.88 Å². The Morgan fingerprint density at radius 1 is 1.45 bits per heavy atom. The van der Waals surface area contributed by atoms with E-state index in [0.29, 0.717) is 11.3 Å². The first kappa shape index (κ1) is 14.6. The highest BCUT2D eigenvalue weighted by atomic mass is 32.1. The Morgan fingerprint density at radius 3 is 2.70 bits per heavy atom. The fourth-order valence-corrected chi connectivity index (χ4v) is 2.72. The zero-order valence-electron chi connectivity index (χ0n) is 12.1. The van der Waals surface area contributed by atoms with Crippen molar-refractivity contribution in [2.75, 3.05) is 5.73 Å². The second-order valence-corrected chi connectivity index (χ2v) is 6.76. The number of nitrogen functional groups attached to an aromatic ring is 1. The molecule has 1 amide bonds. The lowest BCUT2D eigenvalue weighted by atomic mass is 10.1. The van der Waals surface area contributed by atoms with Crippen molar-refractivity contribution in [1.29, 1.82) is 0 Å². The van der Waals surface area contributed by atoms with Crippen LogP contribution in [0.5, 0.6) is 0 Å². The van der Waals surface area contributed by atoms with Crippen molar-refractivity contribution in [1.82, 2.24) is 10.5 Å². The quantitative estimate of drug-likeness (QED) is 0.911. The van der Waals surface area contributed by atoms with Gasteiger partial charge in [0.15, 0.2) is 0 Å². The molecule has 0 saturated heterocycles. The van der Waals surface area contributed by atoms with Gasteiger partial charge in [-0.25, -0.2) is 0 Å². The average molecular weight is 293 g/mol. The Bertz CT molecular complexity index is 623. The van der Waals surface area contributed by atoms with Gasteiger partial charge in [0.1, 0.15) is 11.3 Å². The average Bonchev–Trinajstić information content (AvgIpc) is 2.92. The van der Waals surface area contributed by atoms with Gasteiger partial charge >= 0.3 is 0 Å². The van der Waals surface area contributed by atoms with Crippen LogP contribution in [-0.2, 0) is 6.42 Å². The molecule has 0 aliphatic heterocycles. The molecule has 0 saturated carbocycles. The van der Waals surface area contributed by atoms with Crippen molar-refractivity contribution < 1.29 is 9.32 Å². The number of carbonyl (C=O) groups excluding carboxylic acids is 1. The maximum atomic E-state index is 12.3. The molecule has 2 aromatic rings. The first-order chi connectivity index (χ1) is 9.31. The summed E-state index contributed by atoms with van der Waals surface area (Å²) in [6.07, 6.45) is 0.946. The first-order valence-corrected chi connectivity index (χ1v) is 7.30. The number of thiophene rings is 1. The number of carbonyl (C=O) groups is 1. The molecule has 0 aromatic carbocycles. The van der Waals surface area contributed by atoms with Crippen LogP contribution in [0.15, 0.2) is 16.7 Å². The third kappa shape index (κ3) is 3.01. The number of anilines is 1. The molecular weight excluding hydrogens is 274 g/mol. The van der Waals surface area contributed by atoms with E-state index in [1.807, 2.05) is 32.9 Å². The molecule has 0 aliphatic rings. The van der Waals surface area contributed by atoms with E-state index in [9.17, 15) is 4.79 Å². The van der Waals surface area contributed by atoms with E-state index < -0.39 is 0 Å². The summed E-state index contributed by atoms with van der Waals surface area (Å²) in [6.45, 7) is 7.82. The molecule has 0 unspecified atom stereocenters. The molecule has 2 heterocycles. The summed E-state index contributed by atoms with van der Waals surface area (Å²) in [5.74, 6) is -0.217. The van der Waals surface area contributed by atoms with Crippen LogP contribution < -0.4 is 11.1 Å².